The molecule has 0 fully saturated rings. The van der Waals surface area contributed by atoms with Gasteiger partial charge in [-0.2, -0.15) is 13.2 Å². The van der Waals surface area contributed by atoms with E-state index in [1.54, 1.807) is 20.8 Å². The zero-order chi connectivity index (χ0) is 13.7. The fourth-order valence-corrected chi connectivity index (χ4v) is 1.10. The van der Waals surface area contributed by atoms with Crippen LogP contribution in [0, 0.1) is 0 Å². The first kappa shape index (κ1) is 16.0. The number of carbonyl (C=O) groups is 1. The van der Waals surface area contributed by atoms with Crippen molar-refractivity contribution in [2.75, 3.05) is 13.6 Å². The summed E-state index contributed by atoms with van der Waals surface area (Å²) < 4.78 is 41.8. The van der Waals surface area contributed by atoms with Crippen molar-refractivity contribution < 1.29 is 22.7 Å². The Morgan fingerprint density at radius 2 is 1.82 bits per heavy atom. The Hall–Kier alpha value is -0.980. The van der Waals surface area contributed by atoms with Crippen LogP contribution in [0.5, 0.6) is 0 Å². The number of alkyl carbamates (subject to hydrolysis) is 1. The highest BCUT2D eigenvalue weighted by molar-refractivity contribution is 5.67. The molecule has 0 spiro atoms. The van der Waals surface area contributed by atoms with Crippen molar-refractivity contribution in [1.82, 2.24) is 10.6 Å². The third-order valence-electron chi connectivity index (χ3n) is 1.84. The Balaban J connectivity index is 3.95. The SMILES string of the molecule is CNC(CCNC(=O)OC(C)(C)C)C(F)(F)F. The minimum Gasteiger partial charge on any atom is -0.444 e. The highest BCUT2D eigenvalue weighted by Crippen LogP contribution is 2.21. The highest BCUT2D eigenvalue weighted by atomic mass is 19.4. The van der Waals surface area contributed by atoms with Gasteiger partial charge in [-0.15, -0.1) is 0 Å². The van der Waals surface area contributed by atoms with Gasteiger partial charge in [-0.05, 0) is 34.2 Å². The van der Waals surface area contributed by atoms with Crippen LogP contribution >= 0.6 is 0 Å². The number of halogens is 3. The highest BCUT2D eigenvalue weighted by Gasteiger charge is 2.37. The molecule has 0 saturated carbocycles. The summed E-state index contributed by atoms with van der Waals surface area (Å²) in [6.45, 7) is 4.94. The van der Waals surface area contributed by atoms with Gasteiger partial charge in [0.05, 0.1) is 0 Å². The van der Waals surface area contributed by atoms with Crippen molar-refractivity contribution in [3.05, 3.63) is 0 Å². The molecular weight excluding hydrogens is 237 g/mol. The standard InChI is InChI=1S/C10H19F3N2O2/c1-9(2,3)17-8(16)15-6-5-7(14-4)10(11,12)13/h7,14H,5-6H2,1-4H3,(H,15,16). The molecule has 0 aliphatic carbocycles. The van der Waals surface area contributed by atoms with Gasteiger partial charge in [0.1, 0.15) is 11.6 Å². The first-order valence-electron chi connectivity index (χ1n) is 5.27. The second kappa shape index (κ2) is 6.09. The lowest BCUT2D eigenvalue weighted by atomic mass is 10.2. The van der Waals surface area contributed by atoms with Gasteiger partial charge in [0.2, 0.25) is 0 Å². The van der Waals surface area contributed by atoms with E-state index in [2.05, 4.69) is 10.6 Å². The van der Waals surface area contributed by atoms with E-state index in [1.807, 2.05) is 0 Å². The van der Waals surface area contributed by atoms with Crippen molar-refractivity contribution in [3.63, 3.8) is 0 Å². The molecule has 0 saturated heterocycles. The molecule has 0 aliphatic heterocycles. The molecule has 4 nitrogen and oxygen atoms in total. The van der Waals surface area contributed by atoms with Gasteiger partial charge >= 0.3 is 12.3 Å². The topological polar surface area (TPSA) is 50.4 Å². The van der Waals surface area contributed by atoms with E-state index in [1.165, 1.54) is 7.05 Å². The van der Waals surface area contributed by atoms with Crippen molar-refractivity contribution in [3.8, 4) is 0 Å². The number of hydrogen-bond acceptors (Lipinski definition) is 3. The Morgan fingerprint density at radius 3 is 2.18 bits per heavy atom. The maximum Gasteiger partial charge on any atom is 0.407 e. The van der Waals surface area contributed by atoms with E-state index in [-0.39, 0.29) is 13.0 Å². The molecule has 17 heavy (non-hydrogen) atoms. The summed E-state index contributed by atoms with van der Waals surface area (Å²) >= 11 is 0. The Kier molecular flexibility index (Phi) is 5.74. The van der Waals surface area contributed by atoms with Crippen LogP contribution in [-0.4, -0.2) is 37.5 Å². The molecule has 1 unspecified atom stereocenters. The summed E-state index contributed by atoms with van der Waals surface area (Å²) in [5.74, 6) is 0. The predicted molar refractivity (Wildman–Crippen MR) is 57.8 cm³/mol. The van der Waals surface area contributed by atoms with Crippen molar-refractivity contribution in [1.29, 1.82) is 0 Å². The lowest BCUT2D eigenvalue weighted by Crippen LogP contribution is -2.43. The minimum atomic E-state index is -4.32. The summed E-state index contributed by atoms with van der Waals surface area (Å²) in [6, 6.07) is -1.63. The van der Waals surface area contributed by atoms with E-state index < -0.39 is 23.9 Å². The van der Waals surface area contributed by atoms with Crippen LogP contribution in [0.2, 0.25) is 0 Å². The Labute approximate surface area is 98.9 Å². The molecule has 0 bridgehead atoms. The number of nitrogens with one attached hydrogen (secondary N) is 2. The normalized spacial score (nSPS) is 14.3. The van der Waals surface area contributed by atoms with Gasteiger partial charge < -0.3 is 15.4 Å². The van der Waals surface area contributed by atoms with Crippen molar-refractivity contribution in [2.45, 2.75) is 45.0 Å². The number of rotatable bonds is 4. The van der Waals surface area contributed by atoms with Gasteiger partial charge in [-0.3, -0.25) is 0 Å². The number of carbonyl (C=O) groups excluding carboxylic acids is 1. The molecule has 7 heteroatoms. The fraction of sp³-hybridized carbons (Fsp3) is 0.900. The molecule has 0 radical (unpaired) electrons. The van der Waals surface area contributed by atoms with Gasteiger partial charge in [0.15, 0.2) is 0 Å². The second-order valence-corrected chi connectivity index (χ2v) is 4.60. The van der Waals surface area contributed by atoms with E-state index in [0.717, 1.165) is 0 Å². The minimum absolute atomic E-state index is 0.0973. The molecule has 1 amide bonds. The molecule has 0 aromatic heterocycles. The van der Waals surface area contributed by atoms with Crippen LogP contribution in [0.4, 0.5) is 18.0 Å². The molecule has 0 heterocycles. The number of alkyl halides is 3. The van der Waals surface area contributed by atoms with Crippen LogP contribution in [0.3, 0.4) is 0 Å². The third kappa shape index (κ3) is 7.84. The van der Waals surface area contributed by atoms with Crippen LogP contribution in [0.1, 0.15) is 27.2 Å². The maximum atomic E-state index is 12.3. The summed E-state index contributed by atoms with van der Waals surface area (Å²) in [4.78, 5) is 11.1. The smallest absolute Gasteiger partial charge is 0.407 e. The number of ether oxygens (including phenoxy) is 1. The first-order chi connectivity index (χ1) is 7.56. The summed E-state index contributed by atoms with van der Waals surface area (Å²) in [5.41, 5.74) is -0.656. The monoisotopic (exact) mass is 256 g/mol. The maximum absolute atomic E-state index is 12.3. The summed E-state index contributed by atoms with van der Waals surface area (Å²) in [7, 11) is 1.23. The average Bonchev–Trinajstić information content (AvgIpc) is 2.07. The molecule has 102 valence electrons. The molecule has 0 aliphatic rings. The van der Waals surface area contributed by atoms with Crippen molar-refractivity contribution >= 4 is 6.09 Å². The molecule has 0 aromatic rings. The summed E-state index contributed by atoms with van der Waals surface area (Å²) in [6.07, 6.45) is -5.27. The van der Waals surface area contributed by atoms with E-state index >= 15 is 0 Å². The molecular formula is C10H19F3N2O2. The second-order valence-electron chi connectivity index (χ2n) is 4.60. The van der Waals surface area contributed by atoms with Crippen LogP contribution in [-0.2, 0) is 4.74 Å². The van der Waals surface area contributed by atoms with E-state index in [4.69, 9.17) is 4.74 Å². The van der Waals surface area contributed by atoms with Crippen molar-refractivity contribution in [2.24, 2.45) is 0 Å². The van der Waals surface area contributed by atoms with Gasteiger partial charge in [-0.1, -0.05) is 0 Å². The lowest BCUT2D eigenvalue weighted by Gasteiger charge is -2.22. The van der Waals surface area contributed by atoms with Crippen LogP contribution in [0.15, 0.2) is 0 Å². The zero-order valence-corrected chi connectivity index (χ0v) is 10.4. The molecule has 2 N–H and O–H groups in total. The Bertz CT molecular complexity index is 249. The Morgan fingerprint density at radius 1 is 1.29 bits per heavy atom. The van der Waals surface area contributed by atoms with Gasteiger partial charge in [0.25, 0.3) is 0 Å². The average molecular weight is 256 g/mol. The number of amides is 1. The third-order valence-corrected chi connectivity index (χ3v) is 1.84. The number of hydrogen-bond donors (Lipinski definition) is 2. The quantitative estimate of drug-likeness (QED) is 0.809. The first-order valence-corrected chi connectivity index (χ1v) is 5.27. The zero-order valence-electron chi connectivity index (χ0n) is 10.4. The van der Waals surface area contributed by atoms with E-state index in [0.29, 0.717) is 0 Å². The largest absolute Gasteiger partial charge is 0.444 e. The summed E-state index contributed by atoms with van der Waals surface area (Å²) in [5, 5.41) is 4.42. The molecule has 1 atom stereocenters. The lowest BCUT2D eigenvalue weighted by molar-refractivity contribution is -0.155. The van der Waals surface area contributed by atoms with Crippen LogP contribution < -0.4 is 10.6 Å². The fourth-order valence-electron chi connectivity index (χ4n) is 1.10. The van der Waals surface area contributed by atoms with E-state index in [9.17, 15) is 18.0 Å². The van der Waals surface area contributed by atoms with Crippen LogP contribution in [0.25, 0.3) is 0 Å². The van der Waals surface area contributed by atoms with Gasteiger partial charge in [-0.25, -0.2) is 4.79 Å². The molecule has 0 rings (SSSR count). The molecule has 0 aromatic carbocycles. The predicted octanol–water partition coefficient (Wildman–Crippen LogP) is 2.05. The van der Waals surface area contributed by atoms with Gasteiger partial charge in [0, 0.05) is 6.54 Å².